The fourth-order valence-electron chi connectivity index (χ4n) is 1.81. The highest BCUT2D eigenvalue weighted by molar-refractivity contribution is 5.89. The number of carbonyl (C=O) groups is 1. The first-order chi connectivity index (χ1) is 8.45. The lowest BCUT2D eigenvalue weighted by Gasteiger charge is -2.25. The van der Waals surface area contributed by atoms with E-state index in [-0.39, 0.29) is 18.1 Å². The van der Waals surface area contributed by atoms with Crippen LogP contribution < -0.4 is 11.1 Å². The summed E-state index contributed by atoms with van der Waals surface area (Å²) in [5, 5.41) is 2.89. The maximum absolute atomic E-state index is 12.0. The quantitative estimate of drug-likeness (QED) is 0.862. The first-order valence-corrected chi connectivity index (χ1v) is 6.38. The van der Waals surface area contributed by atoms with E-state index in [1.807, 2.05) is 52.0 Å². The minimum absolute atomic E-state index is 0.0116. The topological polar surface area (TPSA) is 58.4 Å². The number of hydrogen-bond donors (Lipinski definition) is 2. The van der Waals surface area contributed by atoms with Crippen LogP contribution in [0.25, 0.3) is 0 Å². The Labute approximate surface area is 109 Å². The molecule has 1 unspecified atom stereocenters. The summed E-state index contributed by atoms with van der Waals surface area (Å²) in [5.74, 6) is 0. The number of rotatable bonds is 4. The highest BCUT2D eigenvalue weighted by atomic mass is 16.2. The van der Waals surface area contributed by atoms with Gasteiger partial charge in [-0.3, -0.25) is 0 Å². The van der Waals surface area contributed by atoms with Crippen LogP contribution in [0, 0.1) is 0 Å². The third-order valence-corrected chi connectivity index (χ3v) is 2.91. The minimum atomic E-state index is -0.0685. The normalized spacial score (nSPS) is 12.3. The van der Waals surface area contributed by atoms with Crippen molar-refractivity contribution in [3.05, 3.63) is 29.8 Å². The van der Waals surface area contributed by atoms with Crippen molar-refractivity contribution in [1.29, 1.82) is 0 Å². The summed E-state index contributed by atoms with van der Waals surface area (Å²) in [4.78, 5) is 13.8. The van der Waals surface area contributed by atoms with E-state index in [2.05, 4.69) is 5.32 Å². The highest BCUT2D eigenvalue weighted by Gasteiger charge is 2.14. The van der Waals surface area contributed by atoms with Gasteiger partial charge in [-0.1, -0.05) is 12.1 Å². The summed E-state index contributed by atoms with van der Waals surface area (Å²) in [6.45, 7) is 8.61. The van der Waals surface area contributed by atoms with Gasteiger partial charge < -0.3 is 16.0 Å². The van der Waals surface area contributed by atoms with Crippen molar-refractivity contribution in [1.82, 2.24) is 4.90 Å². The number of carbonyl (C=O) groups excluding carboxylic acids is 1. The number of nitrogens with one attached hydrogen (secondary N) is 1. The standard InChI is InChI=1S/C14H23N3O/c1-5-17(10(2)3)14(18)16-13-8-6-12(7-9-13)11(4)15/h6-11H,5,15H2,1-4H3,(H,16,18). The molecule has 100 valence electrons. The lowest BCUT2D eigenvalue weighted by Crippen LogP contribution is -2.39. The van der Waals surface area contributed by atoms with Crippen molar-refractivity contribution >= 4 is 11.7 Å². The molecule has 2 amide bonds. The molecule has 1 aromatic carbocycles. The number of urea groups is 1. The van der Waals surface area contributed by atoms with Crippen LogP contribution in [0.5, 0.6) is 0 Å². The van der Waals surface area contributed by atoms with Crippen LogP contribution in [0.2, 0.25) is 0 Å². The fourth-order valence-corrected chi connectivity index (χ4v) is 1.81. The van der Waals surface area contributed by atoms with Gasteiger partial charge in [-0.25, -0.2) is 4.79 Å². The molecular weight excluding hydrogens is 226 g/mol. The van der Waals surface area contributed by atoms with Crippen LogP contribution in [-0.4, -0.2) is 23.5 Å². The van der Waals surface area contributed by atoms with Crippen molar-refractivity contribution in [3.8, 4) is 0 Å². The second kappa shape index (κ2) is 6.40. The van der Waals surface area contributed by atoms with Gasteiger partial charge in [-0.2, -0.15) is 0 Å². The number of hydrogen-bond acceptors (Lipinski definition) is 2. The van der Waals surface area contributed by atoms with Gasteiger partial charge in [0.25, 0.3) is 0 Å². The van der Waals surface area contributed by atoms with Crippen molar-refractivity contribution in [2.45, 2.75) is 39.8 Å². The van der Waals surface area contributed by atoms with Crippen molar-refractivity contribution in [3.63, 3.8) is 0 Å². The van der Waals surface area contributed by atoms with Gasteiger partial charge in [0.1, 0.15) is 0 Å². The van der Waals surface area contributed by atoms with Crippen molar-refractivity contribution in [2.24, 2.45) is 5.73 Å². The molecule has 0 aromatic heterocycles. The zero-order valence-corrected chi connectivity index (χ0v) is 11.6. The molecule has 0 saturated heterocycles. The minimum Gasteiger partial charge on any atom is -0.324 e. The zero-order valence-electron chi connectivity index (χ0n) is 11.6. The lowest BCUT2D eigenvalue weighted by atomic mass is 10.1. The Morgan fingerprint density at radius 2 is 1.83 bits per heavy atom. The predicted molar refractivity (Wildman–Crippen MR) is 75.6 cm³/mol. The molecule has 0 aliphatic carbocycles. The zero-order chi connectivity index (χ0) is 13.7. The van der Waals surface area contributed by atoms with Gasteiger partial charge in [-0.15, -0.1) is 0 Å². The molecule has 0 radical (unpaired) electrons. The second-order valence-corrected chi connectivity index (χ2v) is 4.72. The van der Waals surface area contributed by atoms with Crippen LogP contribution in [0.3, 0.4) is 0 Å². The average Bonchev–Trinajstić information content (AvgIpc) is 2.29. The van der Waals surface area contributed by atoms with Crippen molar-refractivity contribution < 1.29 is 4.79 Å². The summed E-state index contributed by atoms with van der Waals surface area (Å²) < 4.78 is 0. The molecule has 0 bridgehead atoms. The van der Waals surface area contributed by atoms with Gasteiger partial charge in [0.05, 0.1) is 0 Å². The van der Waals surface area contributed by atoms with E-state index in [1.54, 1.807) is 4.90 Å². The molecule has 0 aliphatic rings. The van der Waals surface area contributed by atoms with Crippen LogP contribution in [0.1, 0.15) is 39.3 Å². The van der Waals surface area contributed by atoms with Crippen LogP contribution >= 0.6 is 0 Å². The molecule has 1 aromatic rings. The molecule has 0 fully saturated rings. The number of anilines is 1. The number of nitrogens with two attached hydrogens (primary N) is 1. The third kappa shape index (κ3) is 3.74. The molecule has 18 heavy (non-hydrogen) atoms. The molecule has 1 atom stereocenters. The summed E-state index contributed by atoms with van der Waals surface area (Å²) >= 11 is 0. The Kier molecular flexibility index (Phi) is 5.16. The molecular formula is C14H23N3O. The lowest BCUT2D eigenvalue weighted by molar-refractivity contribution is 0.201. The summed E-state index contributed by atoms with van der Waals surface area (Å²) in [5.41, 5.74) is 7.63. The van der Waals surface area contributed by atoms with Gasteiger partial charge in [0, 0.05) is 24.3 Å². The Balaban J connectivity index is 2.70. The fraction of sp³-hybridized carbons (Fsp3) is 0.500. The van der Waals surface area contributed by atoms with Crippen molar-refractivity contribution in [2.75, 3.05) is 11.9 Å². The smallest absolute Gasteiger partial charge is 0.322 e. The SMILES string of the molecule is CCN(C(=O)Nc1ccc(C(C)N)cc1)C(C)C. The molecule has 0 saturated carbocycles. The van der Waals surface area contributed by atoms with Gasteiger partial charge in [0.2, 0.25) is 0 Å². The summed E-state index contributed by atoms with van der Waals surface area (Å²) in [6.07, 6.45) is 0. The Hall–Kier alpha value is -1.55. The predicted octanol–water partition coefficient (Wildman–Crippen LogP) is 2.97. The molecule has 1 rings (SSSR count). The highest BCUT2D eigenvalue weighted by Crippen LogP contribution is 2.15. The van der Waals surface area contributed by atoms with Gasteiger partial charge >= 0.3 is 6.03 Å². The van der Waals surface area contributed by atoms with Crippen LogP contribution in [0.4, 0.5) is 10.5 Å². The molecule has 4 nitrogen and oxygen atoms in total. The molecule has 0 spiro atoms. The van der Waals surface area contributed by atoms with E-state index in [4.69, 9.17) is 5.73 Å². The van der Waals surface area contributed by atoms with E-state index in [0.29, 0.717) is 6.54 Å². The number of nitrogens with zero attached hydrogens (tertiary/aromatic N) is 1. The second-order valence-electron chi connectivity index (χ2n) is 4.72. The molecule has 4 heteroatoms. The summed E-state index contributed by atoms with van der Waals surface area (Å²) in [7, 11) is 0. The first kappa shape index (κ1) is 14.5. The summed E-state index contributed by atoms with van der Waals surface area (Å²) in [6, 6.07) is 7.77. The Bertz CT molecular complexity index is 385. The van der Waals surface area contributed by atoms with Crippen LogP contribution in [-0.2, 0) is 0 Å². The molecule has 0 heterocycles. The van der Waals surface area contributed by atoms with E-state index >= 15 is 0 Å². The Morgan fingerprint density at radius 3 is 2.22 bits per heavy atom. The van der Waals surface area contributed by atoms with Gasteiger partial charge in [0.15, 0.2) is 0 Å². The van der Waals surface area contributed by atoms with E-state index in [1.165, 1.54) is 0 Å². The van der Waals surface area contributed by atoms with Crippen LogP contribution in [0.15, 0.2) is 24.3 Å². The van der Waals surface area contributed by atoms with E-state index < -0.39 is 0 Å². The number of benzene rings is 1. The Morgan fingerprint density at radius 1 is 1.28 bits per heavy atom. The van der Waals surface area contributed by atoms with E-state index in [9.17, 15) is 4.79 Å². The monoisotopic (exact) mass is 249 g/mol. The maximum atomic E-state index is 12.0. The maximum Gasteiger partial charge on any atom is 0.322 e. The average molecular weight is 249 g/mol. The third-order valence-electron chi connectivity index (χ3n) is 2.91. The molecule has 0 aliphatic heterocycles. The number of amides is 2. The van der Waals surface area contributed by atoms with E-state index in [0.717, 1.165) is 11.3 Å². The molecule has 3 N–H and O–H groups in total. The largest absolute Gasteiger partial charge is 0.324 e. The van der Waals surface area contributed by atoms with Gasteiger partial charge in [-0.05, 0) is 45.4 Å². The first-order valence-electron chi connectivity index (χ1n) is 6.38.